The molecule has 2 fully saturated rings. The summed E-state index contributed by atoms with van der Waals surface area (Å²) in [4.78, 5) is 14.2. The normalized spacial score (nSPS) is 27.4. The summed E-state index contributed by atoms with van der Waals surface area (Å²) in [5, 5.41) is 11.9. The number of alkyl halides is 1. The van der Waals surface area contributed by atoms with Crippen LogP contribution in [0.15, 0.2) is 30.3 Å². The van der Waals surface area contributed by atoms with E-state index >= 15 is 0 Å². The van der Waals surface area contributed by atoms with Crippen molar-refractivity contribution in [2.45, 2.75) is 75.7 Å². The van der Waals surface area contributed by atoms with E-state index in [1.165, 1.54) is 11.3 Å². The van der Waals surface area contributed by atoms with Crippen LogP contribution in [0.25, 0.3) is 0 Å². The molecule has 0 radical (unpaired) electrons. The minimum absolute atomic E-state index is 0.0337. The molecule has 36 heavy (non-hydrogen) atoms. The van der Waals surface area contributed by atoms with Crippen LogP contribution in [-0.4, -0.2) is 47.7 Å². The first kappa shape index (κ1) is 28.2. The van der Waals surface area contributed by atoms with Crippen LogP contribution in [0.5, 0.6) is 0 Å². The van der Waals surface area contributed by atoms with Crippen molar-refractivity contribution in [2.75, 3.05) is 13.2 Å². The zero-order chi connectivity index (χ0) is 25.9. The molecule has 1 saturated heterocycles. The van der Waals surface area contributed by atoms with Gasteiger partial charge in [0.05, 0.1) is 12.7 Å². The summed E-state index contributed by atoms with van der Waals surface area (Å²) in [5.41, 5.74) is 1.07. The summed E-state index contributed by atoms with van der Waals surface area (Å²) in [6.45, 7) is 4.29. The highest BCUT2D eigenvalue weighted by molar-refractivity contribution is 7.13. The summed E-state index contributed by atoms with van der Waals surface area (Å²) < 4.78 is 16.6. The third-order valence-corrected chi connectivity index (χ3v) is 9.02. The van der Waals surface area contributed by atoms with Gasteiger partial charge in [-0.05, 0) is 100 Å². The molecule has 1 aromatic carbocycles. The van der Waals surface area contributed by atoms with Crippen LogP contribution in [0.1, 0.15) is 59.6 Å². The summed E-state index contributed by atoms with van der Waals surface area (Å²) >= 11 is 20.4. The molecule has 0 unspecified atom stereocenters. The fraction of sp³-hybridized carbons (Fsp3) is 0.593. The number of halogens is 3. The minimum Gasteiger partial charge on any atom is -0.459 e. The van der Waals surface area contributed by atoms with E-state index in [2.05, 4.69) is 0 Å². The molecule has 1 N–H and O–H groups in total. The topological polar surface area (TPSA) is 65.0 Å². The zero-order valence-corrected chi connectivity index (χ0v) is 23.6. The number of thiophene rings is 1. The Bertz CT molecular complexity index is 1020. The quantitative estimate of drug-likeness (QED) is 0.246. The fourth-order valence-corrected chi connectivity index (χ4v) is 7.25. The molecular weight excluding hydrogens is 543 g/mol. The third kappa shape index (κ3) is 7.59. The lowest BCUT2D eigenvalue weighted by molar-refractivity contribution is -0.142. The summed E-state index contributed by atoms with van der Waals surface area (Å²) in [6, 6.07) is 9.39. The van der Waals surface area contributed by atoms with Gasteiger partial charge in [0.1, 0.15) is 17.6 Å². The van der Waals surface area contributed by atoms with Crippen molar-refractivity contribution in [2.24, 2.45) is 11.8 Å². The molecule has 4 rings (SSSR count). The molecule has 2 aliphatic rings. The highest BCUT2D eigenvalue weighted by Gasteiger charge is 2.40. The molecule has 0 spiro atoms. The first-order valence-electron chi connectivity index (χ1n) is 12.4. The number of esters is 1. The van der Waals surface area contributed by atoms with Gasteiger partial charge >= 0.3 is 5.97 Å². The molecule has 5 nitrogen and oxygen atoms in total. The lowest BCUT2D eigenvalue weighted by Gasteiger charge is -2.23. The number of aliphatic hydroxyl groups excluding tert-OH is 1. The van der Waals surface area contributed by atoms with Crippen LogP contribution in [0.4, 0.5) is 0 Å². The third-order valence-electron chi connectivity index (χ3n) is 6.96. The second-order valence-corrected chi connectivity index (χ2v) is 12.8. The van der Waals surface area contributed by atoms with Crippen LogP contribution in [-0.2, 0) is 27.1 Å². The van der Waals surface area contributed by atoms with E-state index in [0.717, 1.165) is 42.5 Å². The fourth-order valence-electron chi connectivity index (χ4n) is 5.24. The van der Waals surface area contributed by atoms with Gasteiger partial charge in [0.2, 0.25) is 0 Å². The Balaban J connectivity index is 1.24. The Labute approximate surface area is 232 Å². The van der Waals surface area contributed by atoms with Crippen molar-refractivity contribution in [1.29, 1.82) is 0 Å². The van der Waals surface area contributed by atoms with Crippen molar-refractivity contribution >= 4 is 52.1 Å². The van der Waals surface area contributed by atoms with E-state index in [1.54, 1.807) is 6.07 Å². The Kier molecular flexibility index (Phi) is 9.64. The maximum Gasteiger partial charge on any atom is 0.348 e. The molecule has 198 valence electrons. The number of rotatable bonds is 10. The molecule has 1 aliphatic carbocycles. The molecule has 2 aromatic rings. The van der Waals surface area contributed by atoms with Gasteiger partial charge in [0.15, 0.2) is 5.79 Å². The van der Waals surface area contributed by atoms with E-state index < -0.39 is 11.9 Å². The van der Waals surface area contributed by atoms with Crippen molar-refractivity contribution in [3.05, 3.63) is 55.7 Å². The Hall–Kier alpha value is -0.860. The van der Waals surface area contributed by atoms with Gasteiger partial charge in [-0.3, -0.25) is 0 Å². The lowest BCUT2D eigenvalue weighted by Crippen LogP contribution is -2.25. The average Bonchev–Trinajstić information content (AvgIpc) is 3.48. The Morgan fingerprint density at radius 2 is 1.89 bits per heavy atom. The smallest absolute Gasteiger partial charge is 0.348 e. The van der Waals surface area contributed by atoms with E-state index in [1.807, 2.05) is 38.1 Å². The highest BCUT2D eigenvalue weighted by Crippen LogP contribution is 2.42. The summed E-state index contributed by atoms with van der Waals surface area (Å²) in [6.07, 6.45) is 4.36. The predicted molar refractivity (Wildman–Crippen MR) is 144 cm³/mol. The maximum absolute atomic E-state index is 12.4. The molecule has 0 bridgehead atoms. The number of aryl methyl sites for hydroxylation is 2. The molecule has 1 aromatic heterocycles. The molecule has 2 heterocycles. The molecule has 1 aliphatic heterocycles. The highest BCUT2D eigenvalue weighted by atomic mass is 35.5. The predicted octanol–water partition coefficient (Wildman–Crippen LogP) is 6.92. The van der Waals surface area contributed by atoms with Crippen LogP contribution in [0.3, 0.4) is 0 Å². The van der Waals surface area contributed by atoms with Gasteiger partial charge in [-0.25, -0.2) is 4.79 Å². The van der Waals surface area contributed by atoms with E-state index in [4.69, 9.17) is 49.0 Å². The average molecular weight is 576 g/mol. The van der Waals surface area contributed by atoms with Crippen LogP contribution >= 0.6 is 46.1 Å². The van der Waals surface area contributed by atoms with Crippen molar-refractivity contribution in [1.82, 2.24) is 0 Å². The van der Waals surface area contributed by atoms with E-state index in [0.29, 0.717) is 28.0 Å². The maximum atomic E-state index is 12.4. The Morgan fingerprint density at radius 1 is 1.14 bits per heavy atom. The standard InChI is InChI=1S/C27H33Cl3O5S/c1-27(2)34-15-19(35-27)14-33-26(32)25-9-7-20(36-25)4-3-5-21-22(24(31)13-23(21)30)8-6-16-10-17(28)12-18(29)11-16/h7,9-12,19,21-24,31H,3-6,8,13-15H2,1-2H3/t19-,21-,22-,23-,24-/m1/s1. The zero-order valence-electron chi connectivity index (χ0n) is 20.6. The second-order valence-electron chi connectivity index (χ2n) is 10.2. The number of carbonyl (C=O) groups is 1. The number of benzene rings is 1. The van der Waals surface area contributed by atoms with Gasteiger partial charge in [-0.2, -0.15) is 0 Å². The van der Waals surface area contributed by atoms with Crippen LogP contribution in [0, 0.1) is 11.8 Å². The molecular formula is C27H33Cl3O5S. The molecule has 5 atom stereocenters. The van der Waals surface area contributed by atoms with E-state index in [-0.39, 0.29) is 35.9 Å². The largest absolute Gasteiger partial charge is 0.459 e. The summed E-state index contributed by atoms with van der Waals surface area (Å²) in [7, 11) is 0. The lowest BCUT2D eigenvalue weighted by atomic mass is 9.85. The van der Waals surface area contributed by atoms with Crippen LogP contribution < -0.4 is 0 Å². The Morgan fingerprint density at radius 3 is 2.58 bits per heavy atom. The van der Waals surface area contributed by atoms with Crippen molar-refractivity contribution in [3.8, 4) is 0 Å². The number of aliphatic hydroxyl groups is 1. The number of hydrogen-bond acceptors (Lipinski definition) is 6. The van der Waals surface area contributed by atoms with Crippen LogP contribution in [0.2, 0.25) is 10.0 Å². The van der Waals surface area contributed by atoms with Gasteiger partial charge < -0.3 is 19.3 Å². The van der Waals surface area contributed by atoms with Gasteiger partial charge in [-0.15, -0.1) is 22.9 Å². The molecule has 1 saturated carbocycles. The monoisotopic (exact) mass is 574 g/mol. The SMILES string of the molecule is CC1(C)OC[C@@H](COC(=O)c2ccc(CCC[C@@H]3[C@@H](CCc4cc(Cl)cc(Cl)c4)[C@H](O)C[C@H]3Cl)s2)O1. The van der Waals surface area contributed by atoms with Gasteiger partial charge in [-0.1, -0.05) is 23.2 Å². The number of ether oxygens (including phenoxy) is 3. The molecule has 9 heteroatoms. The van der Waals surface area contributed by atoms with Crippen molar-refractivity contribution < 1.29 is 24.1 Å². The number of hydrogen-bond donors (Lipinski definition) is 1. The van der Waals surface area contributed by atoms with Gasteiger partial charge in [0, 0.05) is 20.3 Å². The van der Waals surface area contributed by atoms with Crippen molar-refractivity contribution in [3.63, 3.8) is 0 Å². The second kappa shape index (κ2) is 12.3. The minimum atomic E-state index is -0.632. The molecule has 0 amide bonds. The van der Waals surface area contributed by atoms with Gasteiger partial charge in [0.25, 0.3) is 0 Å². The van der Waals surface area contributed by atoms with E-state index in [9.17, 15) is 9.90 Å². The first-order valence-corrected chi connectivity index (χ1v) is 14.5. The summed E-state index contributed by atoms with van der Waals surface area (Å²) in [5.74, 6) is -0.572. The number of carbonyl (C=O) groups excluding carboxylic acids is 1. The first-order chi connectivity index (χ1) is 17.1.